The Bertz CT molecular complexity index is 2780. The Morgan fingerprint density at radius 3 is 2.04 bits per heavy atom. The molecule has 4 aliphatic rings. The summed E-state index contributed by atoms with van der Waals surface area (Å²) in [6.07, 6.45) is 14.4. The third-order valence-electron chi connectivity index (χ3n) is 12.1. The first-order valence-electron chi connectivity index (χ1n) is 19.9. The zero-order valence-corrected chi connectivity index (χ0v) is 31.9. The lowest BCUT2D eigenvalue weighted by atomic mass is 9.89. The summed E-state index contributed by atoms with van der Waals surface area (Å²) in [4.78, 5) is 6.78. The second-order valence-electron chi connectivity index (χ2n) is 15.3. The number of aliphatic imine (C=N–C) groups is 1. The lowest BCUT2D eigenvalue weighted by Gasteiger charge is -2.31. The van der Waals surface area contributed by atoms with E-state index < -0.39 is 0 Å². The Labute approximate surface area is 332 Å². The van der Waals surface area contributed by atoms with Crippen LogP contribution in [0.4, 0.5) is 0 Å². The van der Waals surface area contributed by atoms with E-state index in [9.17, 15) is 0 Å². The molecule has 3 heterocycles. The quantitative estimate of drug-likeness (QED) is 0.184. The standard InChI is InChI=1S/C52H41N3S/c1-3-12-34(13-4-1)35-22-24-36(25-23-35)37-26-28-39(29-27-37)52-53-45(38-14-5-2-6-15-38)33-46(54-52)40-30-31-42-41-16-7-9-19-47(41)55(49(42)32-40)48-20-11-18-44-43-17-8-10-21-50(43)56-51(44)48/h1-22,24,26-32,44,46,51-52,54H,23,25,33H2. The maximum absolute atomic E-state index is 5.38. The van der Waals surface area contributed by atoms with Gasteiger partial charge in [-0.25, -0.2) is 0 Å². The van der Waals surface area contributed by atoms with Gasteiger partial charge in [-0.3, -0.25) is 10.3 Å². The molecule has 6 aromatic carbocycles. The molecule has 56 heavy (non-hydrogen) atoms. The second-order valence-corrected chi connectivity index (χ2v) is 16.5. The average molecular weight is 740 g/mol. The van der Waals surface area contributed by atoms with Crippen LogP contribution in [0.25, 0.3) is 38.6 Å². The van der Waals surface area contributed by atoms with Gasteiger partial charge in [-0.1, -0.05) is 158 Å². The van der Waals surface area contributed by atoms with Crippen molar-refractivity contribution >= 4 is 56.1 Å². The van der Waals surface area contributed by atoms with E-state index in [0.717, 1.165) is 25.0 Å². The lowest BCUT2D eigenvalue weighted by Crippen LogP contribution is -2.33. The van der Waals surface area contributed by atoms with E-state index in [-0.39, 0.29) is 12.2 Å². The zero-order chi connectivity index (χ0) is 37.0. The number of hydrogen-bond donors (Lipinski definition) is 1. The number of aromatic nitrogens is 1. The molecule has 0 bridgehead atoms. The van der Waals surface area contributed by atoms with Gasteiger partial charge < -0.3 is 4.57 Å². The van der Waals surface area contributed by atoms with E-state index >= 15 is 0 Å². The first kappa shape index (κ1) is 33.4. The molecule has 11 rings (SSSR count). The van der Waals surface area contributed by atoms with E-state index in [4.69, 9.17) is 4.99 Å². The van der Waals surface area contributed by atoms with Crippen molar-refractivity contribution in [1.29, 1.82) is 0 Å². The summed E-state index contributed by atoms with van der Waals surface area (Å²) in [7, 11) is 0. The Kier molecular flexibility index (Phi) is 8.33. The molecule has 0 spiro atoms. The maximum Gasteiger partial charge on any atom is 0.126 e. The van der Waals surface area contributed by atoms with Gasteiger partial charge in [-0.15, -0.1) is 11.8 Å². The molecule has 0 amide bonds. The number of rotatable bonds is 6. The third kappa shape index (κ3) is 5.83. The Hall–Kier alpha value is -5.94. The normalized spacial score (nSPS) is 21.6. The van der Waals surface area contributed by atoms with E-state index in [1.807, 2.05) is 11.8 Å². The topological polar surface area (TPSA) is 29.3 Å². The van der Waals surface area contributed by atoms with Crippen molar-refractivity contribution < 1.29 is 0 Å². The van der Waals surface area contributed by atoms with Crippen molar-refractivity contribution in [2.24, 2.45) is 4.99 Å². The van der Waals surface area contributed by atoms with E-state index in [1.54, 1.807) is 0 Å². The van der Waals surface area contributed by atoms with E-state index in [2.05, 4.69) is 192 Å². The molecule has 7 aromatic rings. The van der Waals surface area contributed by atoms with Gasteiger partial charge in [0.15, 0.2) is 0 Å². The summed E-state index contributed by atoms with van der Waals surface area (Å²) < 4.78 is 2.55. The number of fused-ring (bicyclic) bond motifs is 6. The molecule has 0 radical (unpaired) electrons. The summed E-state index contributed by atoms with van der Waals surface area (Å²) >= 11 is 2.01. The van der Waals surface area contributed by atoms with Crippen LogP contribution in [0.5, 0.6) is 0 Å². The summed E-state index contributed by atoms with van der Waals surface area (Å²) in [6, 6.07) is 55.7. The van der Waals surface area contributed by atoms with E-state index in [0.29, 0.717) is 11.2 Å². The minimum atomic E-state index is -0.162. The minimum Gasteiger partial charge on any atom is -0.312 e. The number of thioether (sulfide) groups is 1. The molecule has 0 saturated carbocycles. The summed E-state index contributed by atoms with van der Waals surface area (Å²) in [5.74, 6) is 0.366. The first-order chi connectivity index (χ1) is 27.7. The van der Waals surface area contributed by atoms with Crippen LogP contribution < -0.4 is 5.32 Å². The third-order valence-corrected chi connectivity index (χ3v) is 13.5. The molecule has 0 fully saturated rings. The van der Waals surface area contributed by atoms with Crippen molar-refractivity contribution in [1.82, 2.24) is 9.88 Å². The average Bonchev–Trinajstić information content (AvgIpc) is 3.83. The molecule has 3 nitrogen and oxygen atoms in total. The zero-order valence-electron chi connectivity index (χ0n) is 31.1. The molecule has 1 N–H and O–H groups in total. The van der Waals surface area contributed by atoms with Gasteiger partial charge in [0.1, 0.15) is 6.17 Å². The van der Waals surface area contributed by atoms with Crippen LogP contribution in [0.1, 0.15) is 70.8 Å². The molecule has 270 valence electrons. The van der Waals surface area contributed by atoms with Crippen LogP contribution in [0.15, 0.2) is 192 Å². The number of allylic oxidation sites excluding steroid dienone is 7. The smallest absolute Gasteiger partial charge is 0.126 e. The molecule has 2 aliphatic carbocycles. The van der Waals surface area contributed by atoms with Crippen molar-refractivity contribution in [3.05, 3.63) is 215 Å². The van der Waals surface area contributed by atoms with Gasteiger partial charge in [0.05, 0.1) is 16.3 Å². The fraction of sp³-hybridized carbons (Fsp3) is 0.135. The highest BCUT2D eigenvalue weighted by Gasteiger charge is 2.37. The molecule has 4 heteroatoms. The van der Waals surface area contributed by atoms with Crippen LogP contribution >= 0.6 is 11.8 Å². The van der Waals surface area contributed by atoms with Gasteiger partial charge in [0, 0.05) is 45.5 Å². The van der Waals surface area contributed by atoms with Crippen LogP contribution in [-0.2, 0) is 0 Å². The number of hydrogen-bond acceptors (Lipinski definition) is 3. The predicted molar refractivity (Wildman–Crippen MR) is 236 cm³/mol. The highest BCUT2D eigenvalue weighted by Crippen LogP contribution is 2.52. The van der Waals surface area contributed by atoms with Gasteiger partial charge in [-0.05, 0) is 81.6 Å². The molecular formula is C52H41N3S. The van der Waals surface area contributed by atoms with Crippen molar-refractivity contribution in [2.75, 3.05) is 0 Å². The Balaban J connectivity index is 0.951. The first-order valence-corrected chi connectivity index (χ1v) is 20.7. The maximum atomic E-state index is 5.38. The molecular weight excluding hydrogens is 699 g/mol. The van der Waals surface area contributed by atoms with Crippen molar-refractivity contribution in [3.8, 4) is 0 Å². The molecule has 4 unspecified atom stereocenters. The number of para-hydroxylation sites is 1. The molecule has 4 atom stereocenters. The number of nitrogens with one attached hydrogen (secondary N) is 1. The fourth-order valence-electron chi connectivity index (χ4n) is 9.28. The highest BCUT2D eigenvalue weighted by molar-refractivity contribution is 8.00. The predicted octanol–water partition coefficient (Wildman–Crippen LogP) is 12.9. The largest absolute Gasteiger partial charge is 0.312 e. The SMILES string of the molecule is C1=CC2c3ccccc3SC2C(n2c3ccccc3c3ccc(C4CC(c5ccccc5)=NC(c5ccc(C6=CC=C(c7ccccc7)CC6)cc5)N4)cc32)=C1. The highest BCUT2D eigenvalue weighted by atomic mass is 32.2. The Morgan fingerprint density at radius 1 is 0.589 bits per heavy atom. The number of nitrogens with zero attached hydrogens (tertiary/aromatic N) is 2. The monoisotopic (exact) mass is 739 g/mol. The lowest BCUT2D eigenvalue weighted by molar-refractivity contribution is 0.442. The Morgan fingerprint density at radius 2 is 1.25 bits per heavy atom. The van der Waals surface area contributed by atoms with Gasteiger partial charge >= 0.3 is 0 Å². The van der Waals surface area contributed by atoms with Crippen LogP contribution in [0, 0.1) is 0 Å². The number of benzene rings is 6. The summed E-state index contributed by atoms with van der Waals surface area (Å²) in [5.41, 5.74) is 15.5. The molecule has 1 aromatic heterocycles. The fourth-order valence-corrected chi connectivity index (χ4v) is 10.7. The minimum absolute atomic E-state index is 0.0870. The van der Waals surface area contributed by atoms with E-state index in [1.165, 1.54) is 76.9 Å². The van der Waals surface area contributed by atoms with Crippen molar-refractivity contribution in [3.63, 3.8) is 0 Å². The summed E-state index contributed by atoms with van der Waals surface area (Å²) in [6.45, 7) is 0. The van der Waals surface area contributed by atoms with Gasteiger partial charge in [0.2, 0.25) is 0 Å². The summed E-state index contributed by atoms with van der Waals surface area (Å²) in [5, 5.41) is 6.91. The van der Waals surface area contributed by atoms with Crippen LogP contribution in [0.2, 0.25) is 0 Å². The molecule has 0 saturated heterocycles. The van der Waals surface area contributed by atoms with Gasteiger partial charge in [0.25, 0.3) is 0 Å². The molecule has 2 aliphatic heterocycles. The van der Waals surface area contributed by atoms with Crippen LogP contribution in [-0.4, -0.2) is 15.5 Å². The second kappa shape index (κ2) is 14.0. The van der Waals surface area contributed by atoms with Gasteiger partial charge in [-0.2, -0.15) is 0 Å². The van der Waals surface area contributed by atoms with Crippen molar-refractivity contribution in [2.45, 2.75) is 47.5 Å². The van der Waals surface area contributed by atoms with Crippen LogP contribution in [0.3, 0.4) is 0 Å².